The average Bonchev–Trinajstić information content (AvgIpc) is 2.54. The summed E-state index contributed by atoms with van der Waals surface area (Å²) >= 11 is 11.9. The van der Waals surface area contributed by atoms with Crippen molar-refractivity contribution in [2.75, 3.05) is 13.2 Å². The Hall–Kier alpha value is -1.96. The van der Waals surface area contributed by atoms with Crippen LogP contribution in [0, 0.1) is 0 Å². The van der Waals surface area contributed by atoms with Crippen LogP contribution in [0.3, 0.4) is 0 Å². The van der Waals surface area contributed by atoms with Crippen molar-refractivity contribution < 1.29 is 22.7 Å². The van der Waals surface area contributed by atoms with Crippen molar-refractivity contribution in [1.29, 1.82) is 0 Å². The Balaban J connectivity index is 1.90. The molecule has 0 aromatic heterocycles. The molecule has 0 unspecified atom stereocenters. The third kappa shape index (κ3) is 3.28. The Labute approximate surface area is 148 Å². The van der Waals surface area contributed by atoms with Gasteiger partial charge in [0.1, 0.15) is 18.1 Å². The molecule has 0 spiro atoms. The van der Waals surface area contributed by atoms with Gasteiger partial charge in [-0.25, -0.2) is 13.1 Å². The molecule has 1 amide bonds. The molecular weight excluding hydrogens is 377 g/mol. The number of sulfonamides is 1. The zero-order chi connectivity index (χ0) is 17.3. The molecule has 2 aromatic carbocycles. The third-order valence-corrected chi connectivity index (χ3v) is 5.32. The van der Waals surface area contributed by atoms with Gasteiger partial charge in [0.2, 0.25) is 0 Å². The SMILES string of the molecule is O=C(NS(=O)(=O)c1ccccc1Cl)c1cc(Cl)c2c(c1)OCCO2. The van der Waals surface area contributed by atoms with E-state index in [0.29, 0.717) is 19.0 Å². The Morgan fingerprint density at radius 2 is 1.75 bits per heavy atom. The molecule has 0 bridgehead atoms. The van der Waals surface area contributed by atoms with Gasteiger partial charge in [0.15, 0.2) is 11.5 Å². The quantitative estimate of drug-likeness (QED) is 0.875. The lowest BCUT2D eigenvalue weighted by Gasteiger charge is -2.20. The van der Waals surface area contributed by atoms with Gasteiger partial charge in [-0.15, -0.1) is 0 Å². The van der Waals surface area contributed by atoms with E-state index in [4.69, 9.17) is 32.7 Å². The van der Waals surface area contributed by atoms with Gasteiger partial charge in [0.25, 0.3) is 15.9 Å². The summed E-state index contributed by atoms with van der Waals surface area (Å²) in [5.74, 6) is -0.240. The number of amides is 1. The van der Waals surface area contributed by atoms with Crippen molar-refractivity contribution in [1.82, 2.24) is 4.72 Å². The summed E-state index contributed by atoms with van der Waals surface area (Å²) in [7, 11) is -4.12. The molecule has 0 saturated heterocycles. The minimum atomic E-state index is -4.12. The number of hydrogen-bond donors (Lipinski definition) is 1. The molecule has 0 fully saturated rings. The van der Waals surface area contributed by atoms with Crippen LogP contribution in [0.1, 0.15) is 10.4 Å². The summed E-state index contributed by atoms with van der Waals surface area (Å²) in [4.78, 5) is 12.1. The lowest BCUT2D eigenvalue weighted by molar-refractivity contribution is 0.0980. The summed E-state index contributed by atoms with van der Waals surface area (Å²) in [5.41, 5.74) is 0.0277. The van der Waals surface area contributed by atoms with E-state index in [0.717, 1.165) is 0 Å². The van der Waals surface area contributed by atoms with Crippen LogP contribution in [0.2, 0.25) is 10.0 Å². The maximum atomic E-state index is 12.3. The number of ether oxygens (including phenoxy) is 2. The molecule has 126 valence electrons. The predicted molar refractivity (Wildman–Crippen MR) is 88.5 cm³/mol. The standard InChI is InChI=1S/C15H11Cl2NO5S/c16-10-3-1-2-4-13(10)24(20,21)18-15(19)9-7-11(17)14-12(8-9)22-5-6-23-14/h1-4,7-8H,5-6H2,(H,18,19). The van der Waals surface area contributed by atoms with E-state index in [9.17, 15) is 13.2 Å². The van der Waals surface area contributed by atoms with Crippen LogP contribution in [0.25, 0.3) is 0 Å². The maximum absolute atomic E-state index is 12.3. The van der Waals surface area contributed by atoms with Gasteiger partial charge < -0.3 is 9.47 Å². The summed E-state index contributed by atoms with van der Waals surface area (Å²) < 4.78 is 37.3. The molecule has 0 atom stereocenters. The Bertz CT molecular complexity index is 914. The van der Waals surface area contributed by atoms with Crippen LogP contribution in [0.5, 0.6) is 11.5 Å². The molecule has 1 aliphatic rings. The highest BCUT2D eigenvalue weighted by molar-refractivity contribution is 7.90. The summed E-state index contributed by atoms with van der Waals surface area (Å²) in [6.07, 6.45) is 0. The topological polar surface area (TPSA) is 81.7 Å². The van der Waals surface area contributed by atoms with Gasteiger partial charge in [-0.2, -0.15) is 0 Å². The van der Waals surface area contributed by atoms with Crippen LogP contribution in [-0.2, 0) is 10.0 Å². The summed E-state index contributed by atoms with van der Waals surface area (Å²) in [6.45, 7) is 0.658. The molecule has 24 heavy (non-hydrogen) atoms. The number of nitrogens with one attached hydrogen (secondary N) is 1. The number of hydrogen-bond acceptors (Lipinski definition) is 5. The smallest absolute Gasteiger partial charge is 0.265 e. The van der Waals surface area contributed by atoms with Gasteiger partial charge in [-0.05, 0) is 24.3 Å². The molecule has 1 heterocycles. The van der Waals surface area contributed by atoms with Crippen molar-refractivity contribution in [2.24, 2.45) is 0 Å². The zero-order valence-corrected chi connectivity index (χ0v) is 14.4. The summed E-state index contributed by atoms with van der Waals surface area (Å²) in [6, 6.07) is 8.50. The molecule has 3 rings (SSSR count). The van der Waals surface area contributed by atoms with Crippen LogP contribution >= 0.6 is 23.2 Å². The number of carbonyl (C=O) groups is 1. The fourth-order valence-electron chi connectivity index (χ4n) is 2.14. The van der Waals surface area contributed by atoms with Crippen molar-refractivity contribution in [3.05, 3.63) is 52.0 Å². The minimum Gasteiger partial charge on any atom is -0.486 e. The van der Waals surface area contributed by atoms with Crippen LogP contribution < -0.4 is 14.2 Å². The number of fused-ring (bicyclic) bond motifs is 1. The van der Waals surface area contributed by atoms with E-state index in [2.05, 4.69) is 0 Å². The first-order chi connectivity index (χ1) is 11.4. The van der Waals surface area contributed by atoms with Crippen molar-refractivity contribution >= 4 is 39.1 Å². The fourth-order valence-corrected chi connectivity index (χ4v) is 3.90. The van der Waals surface area contributed by atoms with Gasteiger partial charge in [-0.3, -0.25) is 4.79 Å². The zero-order valence-electron chi connectivity index (χ0n) is 12.1. The highest BCUT2D eigenvalue weighted by atomic mass is 35.5. The Kier molecular flexibility index (Phi) is 4.58. The molecule has 0 saturated carbocycles. The normalized spacial score (nSPS) is 13.4. The van der Waals surface area contributed by atoms with Crippen LogP contribution in [0.15, 0.2) is 41.3 Å². The van der Waals surface area contributed by atoms with Crippen molar-refractivity contribution in [3.8, 4) is 11.5 Å². The lowest BCUT2D eigenvalue weighted by atomic mass is 10.2. The predicted octanol–water partition coefficient (Wildman–Crippen LogP) is 2.88. The van der Waals surface area contributed by atoms with E-state index in [-0.39, 0.29) is 26.3 Å². The highest BCUT2D eigenvalue weighted by Gasteiger charge is 2.24. The first-order valence-corrected chi connectivity index (χ1v) is 9.03. The Morgan fingerprint density at radius 1 is 1.04 bits per heavy atom. The Morgan fingerprint density at radius 3 is 2.50 bits per heavy atom. The second kappa shape index (κ2) is 6.51. The molecule has 0 radical (unpaired) electrons. The van der Waals surface area contributed by atoms with E-state index in [1.807, 2.05) is 4.72 Å². The molecule has 2 aromatic rings. The molecule has 1 aliphatic heterocycles. The third-order valence-electron chi connectivity index (χ3n) is 3.21. The van der Waals surface area contributed by atoms with Crippen molar-refractivity contribution in [2.45, 2.75) is 4.90 Å². The molecular formula is C15H11Cl2NO5S. The maximum Gasteiger partial charge on any atom is 0.265 e. The van der Waals surface area contributed by atoms with Crippen LogP contribution in [-0.4, -0.2) is 27.5 Å². The second-order valence-corrected chi connectivity index (χ2v) is 7.31. The monoisotopic (exact) mass is 387 g/mol. The van der Waals surface area contributed by atoms with E-state index in [1.54, 1.807) is 6.07 Å². The van der Waals surface area contributed by atoms with E-state index < -0.39 is 15.9 Å². The van der Waals surface area contributed by atoms with Gasteiger partial charge >= 0.3 is 0 Å². The second-order valence-electron chi connectivity index (χ2n) is 4.85. The number of benzene rings is 2. The van der Waals surface area contributed by atoms with Gasteiger partial charge in [0, 0.05) is 5.56 Å². The average molecular weight is 388 g/mol. The van der Waals surface area contributed by atoms with Gasteiger partial charge in [-0.1, -0.05) is 35.3 Å². The number of rotatable bonds is 3. The number of carbonyl (C=O) groups excluding carboxylic acids is 1. The molecule has 6 nitrogen and oxygen atoms in total. The van der Waals surface area contributed by atoms with E-state index >= 15 is 0 Å². The molecule has 9 heteroatoms. The fraction of sp³-hybridized carbons (Fsp3) is 0.133. The minimum absolute atomic E-state index is 0.0120. The summed E-state index contributed by atoms with van der Waals surface area (Å²) in [5, 5.41) is 0.172. The molecule has 0 aliphatic carbocycles. The van der Waals surface area contributed by atoms with Crippen LogP contribution in [0.4, 0.5) is 0 Å². The van der Waals surface area contributed by atoms with E-state index in [1.165, 1.54) is 30.3 Å². The van der Waals surface area contributed by atoms with Gasteiger partial charge in [0.05, 0.1) is 10.0 Å². The molecule has 1 N–H and O–H groups in total. The first kappa shape index (κ1) is 16.9. The largest absolute Gasteiger partial charge is 0.486 e. The highest BCUT2D eigenvalue weighted by Crippen LogP contribution is 2.38. The number of halogens is 2. The first-order valence-electron chi connectivity index (χ1n) is 6.79. The lowest BCUT2D eigenvalue weighted by Crippen LogP contribution is -2.31. The van der Waals surface area contributed by atoms with Crippen molar-refractivity contribution in [3.63, 3.8) is 0 Å².